The summed E-state index contributed by atoms with van der Waals surface area (Å²) in [6.07, 6.45) is 10.5. The molecule has 0 aromatic heterocycles. The normalized spacial score (nSPS) is 17.2. The second-order valence-electron chi connectivity index (χ2n) is 3.54. The van der Waals surface area contributed by atoms with Gasteiger partial charge >= 0.3 is 0 Å². The highest BCUT2D eigenvalue weighted by Gasteiger charge is 2.26. The summed E-state index contributed by atoms with van der Waals surface area (Å²) >= 11 is 2.34. The topological polar surface area (TPSA) is 26.3 Å². The number of allylic oxidation sites excluding steroid dienone is 2. The smallest absolute Gasteiger partial charge is 0.178 e. The van der Waals surface area contributed by atoms with Gasteiger partial charge in [-0.2, -0.15) is 0 Å². The van der Waals surface area contributed by atoms with Crippen LogP contribution in [0.15, 0.2) is 42.7 Å². The van der Waals surface area contributed by atoms with Crippen molar-refractivity contribution in [2.24, 2.45) is 0 Å². The van der Waals surface area contributed by atoms with Crippen molar-refractivity contribution in [3.05, 3.63) is 42.7 Å². The molecule has 86 valence electrons. The molecule has 0 unspecified atom stereocenters. The van der Waals surface area contributed by atoms with Crippen molar-refractivity contribution in [2.45, 2.75) is 18.4 Å². The fourth-order valence-electron chi connectivity index (χ4n) is 1.49. The minimum Gasteiger partial charge on any atom is -0.362 e. The van der Waals surface area contributed by atoms with Crippen LogP contribution in [0.1, 0.15) is 12.8 Å². The molecule has 0 atom stereocenters. The van der Waals surface area contributed by atoms with E-state index in [1.165, 1.54) is 0 Å². The van der Waals surface area contributed by atoms with Gasteiger partial charge in [0.2, 0.25) is 0 Å². The molecule has 1 rings (SSSR count). The van der Waals surface area contributed by atoms with Gasteiger partial charge in [0.25, 0.3) is 0 Å². The van der Waals surface area contributed by atoms with Crippen molar-refractivity contribution in [3.63, 3.8) is 0 Å². The lowest BCUT2D eigenvalue weighted by molar-refractivity contribution is -0.110. The minimum absolute atomic E-state index is 0.0213. The second kappa shape index (κ2) is 6.84. The number of hydrogen-bond acceptors (Lipinski definition) is 2. The predicted octanol–water partition coefficient (Wildman–Crippen LogP) is 2.99. The fourth-order valence-corrected chi connectivity index (χ4v) is 1.87. The number of halogens is 1. The highest BCUT2D eigenvalue weighted by Crippen LogP contribution is 2.25. The molecule has 3 heteroatoms. The van der Waals surface area contributed by atoms with Crippen LogP contribution < -0.4 is 0 Å². The monoisotopic (exact) mass is 330 g/mol. The van der Waals surface area contributed by atoms with E-state index in [0.29, 0.717) is 6.61 Å². The molecule has 0 aromatic rings. The van der Waals surface area contributed by atoms with Crippen LogP contribution in [0.25, 0.3) is 0 Å². The van der Waals surface area contributed by atoms with Gasteiger partial charge in [0.15, 0.2) is 5.78 Å². The van der Waals surface area contributed by atoms with Gasteiger partial charge in [-0.25, -0.2) is 0 Å². The van der Waals surface area contributed by atoms with Crippen LogP contribution in [-0.4, -0.2) is 22.4 Å². The van der Waals surface area contributed by atoms with Gasteiger partial charge in [-0.05, 0) is 47.6 Å². The van der Waals surface area contributed by atoms with E-state index in [1.54, 1.807) is 18.2 Å². The van der Waals surface area contributed by atoms with E-state index in [2.05, 4.69) is 34.9 Å². The Morgan fingerprint density at radius 1 is 1.50 bits per heavy atom. The molecule has 0 aromatic carbocycles. The lowest BCUT2D eigenvalue weighted by Gasteiger charge is -2.28. The highest BCUT2D eigenvalue weighted by atomic mass is 127. The van der Waals surface area contributed by atoms with Crippen LogP contribution in [-0.2, 0) is 9.53 Å². The Bertz CT molecular complexity index is 333. The average molecular weight is 330 g/mol. The van der Waals surface area contributed by atoms with E-state index in [4.69, 9.17) is 4.74 Å². The molecule has 0 amide bonds. The maximum absolute atomic E-state index is 11.1. The lowest BCUT2D eigenvalue weighted by Crippen LogP contribution is -2.30. The van der Waals surface area contributed by atoms with Crippen LogP contribution in [0.2, 0.25) is 0 Å². The summed E-state index contributed by atoms with van der Waals surface area (Å²) in [4.78, 5) is 11.1. The van der Waals surface area contributed by atoms with Gasteiger partial charge in [0.1, 0.15) is 5.60 Å². The van der Waals surface area contributed by atoms with Crippen molar-refractivity contribution < 1.29 is 9.53 Å². The van der Waals surface area contributed by atoms with Gasteiger partial charge in [-0.1, -0.05) is 29.2 Å². The van der Waals surface area contributed by atoms with Crippen LogP contribution in [0.5, 0.6) is 0 Å². The average Bonchev–Trinajstić information content (AvgIpc) is 2.31. The Hall–Kier alpha value is -0.640. The Morgan fingerprint density at radius 2 is 2.19 bits per heavy atom. The number of rotatable bonds is 6. The number of carbonyl (C=O) groups excluding carboxylic acids is 1. The highest BCUT2D eigenvalue weighted by molar-refractivity contribution is 14.1. The molecule has 0 saturated carbocycles. The number of hydrogen-bond donors (Lipinski definition) is 0. The maximum Gasteiger partial charge on any atom is 0.178 e. The molecular formula is C13H15IO2. The third kappa shape index (κ3) is 4.08. The van der Waals surface area contributed by atoms with Crippen molar-refractivity contribution in [1.29, 1.82) is 0 Å². The van der Waals surface area contributed by atoms with Crippen LogP contribution in [0.3, 0.4) is 0 Å². The van der Waals surface area contributed by atoms with Gasteiger partial charge < -0.3 is 4.74 Å². The molecule has 0 saturated heterocycles. The van der Waals surface area contributed by atoms with Crippen LogP contribution in [0.4, 0.5) is 0 Å². The second-order valence-corrected chi connectivity index (χ2v) is 4.61. The van der Waals surface area contributed by atoms with Crippen LogP contribution in [0, 0.1) is 0 Å². The number of carbonyl (C=O) groups is 1. The van der Waals surface area contributed by atoms with E-state index in [1.807, 2.05) is 12.2 Å². The molecule has 0 N–H and O–H groups in total. The molecule has 2 nitrogen and oxygen atoms in total. The first-order chi connectivity index (χ1) is 7.72. The predicted molar refractivity (Wildman–Crippen MR) is 73.8 cm³/mol. The summed E-state index contributed by atoms with van der Waals surface area (Å²) in [7, 11) is 0. The molecule has 0 heterocycles. The molecule has 1 aliphatic rings. The quantitative estimate of drug-likeness (QED) is 0.425. The maximum atomic E-state index is 11.1. The zero-order valence-corrected chi connectivity index (χ0v) is 11.3. The third-order valence-electron chi connectivity index (χ3n) is 2.34. The van der Waals surface area contributed by atoms with E-state index in [-0.39, 0.29) is 5.78 Å². The Morgan fingerprint density at radius 3 is 2.75 bits per heavy atom. The van der Waals surface area contributed by atoms with E-state index < -0.39 is 5.60 Å². The van der Waals surface area contributed by atoms with E-state index in [0.717, 1.165) is 17.3 Å². The van der Waals surface area contributed by atoms with Gasteiger partial charge in [-0.15, -0.1) is 5.73 Å². The summed E-state index contributed by atoms with van der Waals surface area (Å²) in [5, 5.41) is 0. The molecule has 1 aliphatic carbocycles. The van der Waals surface area contributed by atoms with Crippen molar-refractivity contribution in [2.75, 3.05) is 11.0 Å². The molecular weight excluding hydrogens is 315 g/mol. The zero-order valence-electron chi connectivity index (χ0n) is 9.12. The Balaban J connectivity index is 2.68. The fraction of sp³-hybridized carbons (Fsp3) is 0.385. The summed E-state index contributed by atoms with van der Waals surface area (Å²) < 4.78 is 6.85. The van der Waals surface area contributed by atoms with E-state index in [9.17, 15) is 4.79 Å². The number of ketones is 1. The minimum atomic E-state index is -0.424. The SMILES string of the molecule is C=C=CCOC1(CCCI)C=CC(=O)C=C1. The first kappa shape index (κ1) is 13.4. The summed E-state index contributed by atoms with van der Waals surface area (Å²) in [6, 6.07) is 0. The van der Waals surface area contributed by atoms with Crippen molar-refractivity contribution >= 4 is 28.4 Å². The number of alkyl halides is 1. The van der Waals surface area contributed by atoms with Crippen molar-refractivity contribution in [3.8, 4) is 0 Å². The van der Waals surface area contributed by atoms with E-state index >= 15 is 0 Å². The molecule has 0 bridgehead atoms. The summed E-state index contributed by atoms with van der Waals surface area (Å²) in [5.41, 5.74) is 2.25. The van der Waals surface area contributed by atoms with Gasteiger partial charge in [0.05, 0.1) is 6.61 Å². The first-order valence-electron chi connectivity index (χ1n) is 5.19. The number of ether oxygens (including phenoxy) is 1. The first-order valence-corrected chi connectivity index (χ1v) is 6.72. The van der Waals surface area contributed by atoms with Gasteiger partial charge in [-0.3, -0.25) is 4.79 Å². The van der Waals surface area contributed by atoms with Gasteiger partial charge in [0, 0.05) is 0 Å². The summed E-state index contributed by atoms with van der Waals surface area (Å²) in [5.74, 6) is 0.0213. The standard InChI is InChI=1S/C13H15IO2/c1-2-3-11-16-13(7-4-10-14)8-5-12(15)6-9-13/h3,5-6,8-9H,1,4,7,10-11H2. The Kier molecular flexibility index (Phi) is 5.74. The molecule has 0 aliphatic heterocycles. The molecule has 0 radical (unpaired) electrons. The van der Waals surface area contributed by atoms with Crippen LogP contribution >= 0.6 is 22.6 Å². The molecule has 0 fully saturated rings. The summed E-state index contributed by atoms with van der Waals surface area (Å²) in [6.45, 7) is 3.95. The largest absolute Gasteiger partial charge is 0.362 e. The third-order valence-corrected chi connectivity index (χ3v) is 3.10. The molecule has 16 heavy (non-hydrogen) atoms. The Labute approximate surface area is 110 Å². The zero-order chi connectivity index (χ0) is 11.9. The van der Waals surface area contributed by atoms with Crippen molar-refractivity contribution in [1.82, 2.24) is 0 Å². The molecule has 0 spiro atoms. The lowest BCUT2D eigenvalue weighted by atomic mass is 9.92.